The first-order valence-corrected chi connectivity index (χ1v) is 11.2. The zero-order valence-electron chi connectivity index (χ0n) is 17.9. The van der Waals surface area contributed by atoms with E-state index >= 15 is 0 Å². The predicted octanol–water partition coefficient (Wildman–Crippen LogP) is 5.45. The fraction of sp³-hybridized carbons (Fsp3) is 0.450. The molecular formula is C20H19BrCl2FN3O6. The van der Waals surface area contributed by atoms with E-state index < -0.39 is 50.7 Å². The van der Waals surface area contributed by atoms with E-state index in [4.69, 9.17) is 32.7 Å². The Morgan fingerprint density at radius 2 is 1.97 bits per heavy atom. The molecular weight excluding hydrogens is 548 g/mol. The van der Waals surface area contributed by atoms with Gasteiger partial charge in [-0.15, -0.1) is 0 Å². The van der Waals surface area contributed by atoms with E-state index in [2.05, 4.69) is 26.2 Å². The van der Waals surface area contributed by atoms with Crippen LogP contribution in [0.25, 0.3) is 10.9 Å². The van der Waals surface area contributed by atoms with E-state index in [0.29, 0.717) is 0 Å². The minimum Gasteiger partial charge on any atom is -0.468 e. The van der Waals surface area contributed by atoms with Gasteiger partial charge in [-0.2, -0.15) is 0 Å². The molecule has 0 radical (unpaired) electrons. The molecule has 1 amide bonds. The number of amides is 1. The number of nitro groups is 1. The minimum absolute atomic E-state index is 0.0575. The summed E-state index contributed by atoms with van der Waals surface area (Å²) in [6.45, 7) is 5.07. The molecule has 0 spiro atoms. The molecule has 13 heteroatoms. The Hall–Kier alpha value is -2.24. The molecule has 1 aromatic heterocycles. The second-order valence-electron chi connectivity index (χ2n) is 8.59. The van der Waals surface area contributed by atoms with Crippen molar-refractivity contribution in [1.29, 1.82) is 0 Å². The van der Waals surface area contributed by atoms with Crippen LogP contribution < -0.4 is 5.32 Å². The Kier molecular flexibility index (Phi) is 6.80. The van der Waals surface area contributed by atoms with Crippen molar-refractivity contribution in [1.82, 2.24) is 10.3 Å². The molecule has 1 aromatic carbocycles. The highest BCUT2D eigenvalue weighted by molar-refractivity contribution is 9.10. The summed E-state index contributed by atoms with van der Waals surface area (Å²) < 4.78 is 25.0. The highest BCUT2D eigenvalue weighted by atomic mass is 79.9. The number of carbonyl (C=O) groups excluding carboxylic acids is 2. The first kappa shape index (κ1) is 25.4. The third-order valence-corrected chi connectivity index (χ3v) is 6.76. The lowest BCUT2D eigenvalue weighted by Gasteiger charge is -2.45. The van der Waals surface area contributed by atoms with Crippen LogP contribution in [0.4, 0.5) is 14.9 Å². The van der Waals surface area contributed by atoms with Crippen molar-refractivity contribution in [2.45, 2.75) is 50.7 Å². The van der Waals surface area contributed by atoms with Crippen molar-refractivity contribution < 1.29 is 28.4 Å². The lowest BCUT2D eigenvalue weighted by atomic mass is 9.60. The van der Waals surface area contributed by atoms with Crippen LogP contribution in [0.5, 0.6) is 0 Å². The molecule has 1 saturated carbocycles. The van der Waals surface area contributed by atoms with Gasteiger partial charge in [0.15, 0.2) is 5.82 Å². The molecule has 1 aliphatic carbocycles. The average molecular weight is 567 g/mol. The smallest absolute Gasteiger partial charge is 0.407 e. The van der Waals surface area contributed by atoms with Gasteiger partial charge in [-0.25, -0.2) is 14.2 Å². The molecule has 1 aliphatic rings. The van der Waals surface area contributed by atoms with E-state index in [0.717, 1.165) is 7.11 Å². The largest absolute Gasteiger partial charge is 0.468 e. The molecule has 33 heavy (non-hydrogen) atoms. The predicted molar refractivity (Wildman–Crippen MR) is 122 cm³/mol. The van der Waals surface area contributed by atoms with Gasteiger partial charge in [0.25, 0.3) is 0 Å². The van der Waals surface area contributed by atoms with Crippen LogP contribution in [0, 0.1) is 15.9 Å². The number of benzene rings is 1. The average Bonchev–Trinajstić information content (AvgIpc) is 2.66. The van der Waals surface area contributed by atoms with Gasteiger partial charge in [-0.3, -0.25) is 14.9 Å². The van der Waals surface area contributed by atoms with E-state index in [1.54, 1.807) is 20.8 Å². The monoisotopic (exact) mass is 565 g/mol. The lowest BCUT2D eigenvalue weighted by Crippen LogP contribution is -2.58. The number of nitrogens with zero attached hydrogens (tertiary/aromatic N) is 2. The number of hydrogen-bond acceptors (Lipinski definition) is 7. The van der Waals surface area contributed by atoms with Crippen LogP contribution in [0.3, 0.4) is 0 Å². The van der Waals surface area contributed by atoms with Crippen LogP contribution in [-0.2, 0) is 19.7 Å². The van der Waals surface area contributed by atoms with Crippen molar-refractivity contribution in [2.75, 3.05) is 7.11 Å². The number of alkyl carbamates (subject to hydrolysis) is 1. The summed E-state index contributed by atoms with van der Waals surface area (Å²) in [5, 5.41) is 13.8. The fourth-order valence-corrected chi connectivity index (χ4v) is 4.69. The highest BCUT2D eigenvalue weighted by Crippen LogP contribution is 2.53. The molecule has 1 heterocycles. The Morgan fingerprint density at radius 1 is 1.36 bits per heavy atom. The summed E-state index contributed by atoms with van der Waals surface area (Å²) in [5.41, 5.74) is -3.50. The number of hydrogen-bond donors (Lipinski definition) is 1. The molecule has 0 bridgehead atoms. The number of halogens is 4. The number of aromatic nitrogens is 1. The molecule has 0 saturated heterocycles. The third-order valence-electron chi connectivity index (χ3n) is 5.20. The number of esters is 1. The summed E-state index contributed by atoms with van der Waals surface area (Å²) in [5.74, 6) is -1.70. The number of fused-ring (bicyclic) bond motifs is 1. The van der Waals surface area contributed by atoms with Gasteiger partial charge in [-0.05, 0) is 55.6 Å². The summed E-state index contributed by atoms with van der Waals surface area (Å²) in [6.07, 6.45) is -0.870. The highest BCUT2D eigenvalue weighted by Gasteiger charge is 2.57. The zero-order chi connectivity index (χ0) is 24.9. The number of pyridine rings is 1. The van der Waals surface area contributed by atoms with E-state index in [9.17, 15) is 24.1 Å². The fourth-order valence-electron chi connectivity index (χ4n) is 3.94. The molecule has 178 valence electrons. The molecule has 0 unspecified atom stereocenters. The zero-order valence-corrected chi connectivity index (χ0v) is 21.0. The van der Waals surface area contributed by atoms with Gasteiger partial charge in [0.1, 0.15) is 16.5 Å². The van der Waals surface area contributed by atoms with Gasteiger partial charge >= 0.3 is 17.7 Å². The maximum absolute atomic E-state index is 14.9. The minimum atomic E-state index is -1.61. The molecule has 1 fully saturated rings. The van der Waals surface area contributed by atoms with Gasteiger partial charge in [0, 0.05) is 11.4 Å². The summed E-state index contributed by atoms with van der Waals surface area (Å²) in [7, 11) is 1.12. The Bertz CT molecular complexity index is 1180. The lowest BCUT2D eigenvalue weighted by molar-refractivity contribution is -0.386. The van der Waals surface area contributed by atoms with Crippen LogP contribution >= 0.6 is 39.1 Å². The van der Waals surface area contributed by atoms with Crippen molar-refractivity contribution in [3.05, 3.63) is 42.2 Å². The second-order valence-corrected chi connectivity index (χ2v) is 10.1. The maximum Gasteiger partial charge on any atom is 0.407 e. The van der Waals surface area contributed by atoms with E-state index in [1.807, 2.05) is 0 Å². The molecule has 9 nitrogen and oxygen atoms in total. The number of ether oxygens (including phenoxy) is 2. The molecule has 3 rings (SSSR count). The standard InChI is InChI=1S/C20H19BrCl2FN3O6/c1-19(2,3)33-18(29)25-8-6-20(7-8,17(28)32-4)11-9-5-10(22)12(21)13(24)14(9)26-16(23)15(11)27(30)31/h5,8H,6-7H2,1-4H3,(H,25,29). The Morgan fingerprint density at radius 3 is 2.48 bits per heavy atom. The van der Waals surface area contributed by atoms with Crippen LogP contribution in [0.15, 0.2) is 10.5 Å². The van der Waals surface area contributed by atoms with Crippen molar-refractivity contribution in [2.24, 2.45) is 0 Å². The SMILES string of the molecule is COC(=O)C1(c2c([N+](=O)[O-])c(Cl)nc3c(F)c(Br)c(Cl)cc23)CC(NC(=O)OC(C)(C)C)C1. The van der Waals surface area contributed by atoms with Crippen LogP contribution in [0.1, 0.15) is 39.2 Å². The number of methoxy groups -OCH3 is 1. The molecule has 2 aromatic rings. The van der Waals surface area contributed by atoms with Gasteiger partial charge in [-0.1, -0.05) is 23.2 Å². The summed E-state index contributed by atoms with van der Waals surface area (Å²) >= 11 is 15.2. The number of carbonyl (C=O) groups is 2. The number of nitrogens with one attached hydrogen (secondary N) is 1. The number of rotatable bonds is 4. The van der Waals surface area contributed by atoms with Crippen LogP contribution in [0.2, 0.25) is 10.2 Å². The van der Waals surface area contributed by atoms with Crippen molar-refractivity contribution >= 4 is 67.8 Å². The summed E-state index contributed by atoms with van der Waals surface area (Å²) in [4.78, 5) is 40.1. The summed E-state index contributed by atoms with van der Waals surface area (Å²) in [6, 6.07) is 0.700. The second kappa shape index (κ2) is 8.84. The van der Waals surface area contributed by atoms with Crippen LogP contribution in [-0.4, -0.2) is 40.7 Å². The third kappa shape index (κ3) is 4.58. The van der Waals surface area contributed by atoms with Gasteiger partial charge in [0.2, 0.25) is 5.15 Å². The normalized spacial score (nSPS) is 20.2. The quantitative estimate of drug-likeness (QED) is 0.172. The van der Waals surface area contributed by atoms with Crippen molar-refractivity contribution in [3.63, 3.8) is 0 Å². The first-order chi connectivity index (χ1) is 15.2. The van der Waals surface area contributed by atoms with Gasteiger partial charge in [0.05, 0.1) is 27.1 Å². The Balaban J connectivity index is 2.19. The van der Waals surface area contributed by atoms with E-state index in [-0.39, 0.29) is 38.8 Å². The van der Waals surface area contributed by atoms with E-state index in [1.165, 1.54) is 6.07 Å². The van der Waals surface area contributed by atoms with Crippen molar-refractivity contribution in [3.8, 4) is 0 Å². The molecule has 0 atom stereocenters. The first-order valence-electron chi connectivity index (χ1n) is 9.61. The van der Waals surface area contributed by atoms with Gasteiger partial charge < -0.3 is 14.8 Å². The Labute approximate surface area is 206 Å². The molecule has 0 aliphatic heterocycles. The topological polar surface area (TPSA) is 121 Å². The molecule has 1 N–H and O–H groups in total. The maximum atomic E-state index is 14.9.